The number of halogens is 3. The average Bonchev–Trinajstić information content (AvgIpc) is 3.14. The lowest BCUT2D eigenvalue weighted by molar-refractivity contribution is -0.272. The van der Waals surface area contributed by atoms with Gasteiger partial charge in [0.2, 0.25) is 5.60 Å². The van der Waals surface area contributed by atoms with E-state index in [1.54, 1.807) is 18.2 Å². The minimum Gasteiger partial charge on any atom is -0.493 e. The molecule has 3 N–H and O–H groups in total. The number of aromatic nitrogens is 2. The summed E-state index contributed by atoms with van der Waals surface area (Å²) in [4.78, 5) is 7.88. The Balaban J connectivity index is 2.21. The maximum Gasteiger partial charge on any atom is 0.424 e. The van der Waals surface area contributed by atoms with Gasteiger partial charge < -0.3 is 29.8 Å². The van der Waals surface area contributed by atoms with Crippen LogP contribution in [0.5, 0.6) is 11.5 Å². The minimum absolute atomic E-state index is 0.263. The Kier molecular flexibility index (Phi) is 8.14. The number of hydrogen-bond acceptors (Lipinski definition) is 5. The molecule has 8 nitrogen and oxygen atoms in total. The summed E-state index contributed by atoms with van der Waals surface area (Å²) in [6.45, 7) is 4.30. The molecule has 31 heavy (non-hydrogen) atoms. The lowest BCUT2D eigenvalue weighted by Crippen LogP contribution is -2.45. The molecule has 1 aromatic heterocycles. The topological polar surface area (TPSA) is 92.9 Å². The molecule has 0 saturated heterocycles. The smallest absolute Gasteiger partial charge is 0.424 e. The van der Waals surface area contributed by atoms with Gasteiger partial charge in [0.1, 0.15) is 5.82 Å². The Bertz CT molecular complexity index is 885. The Morgan fingerprint density at radius 1 is 1.26 bits per heavy atom. The van der Waals surface area contributed by atoms with E-state index in [2.05, 4.69) is 20.6 Å². The summed E-state index contributed by atoms with van der Waals surface area (Å²) in [5, 5.41) is 16.4. The molecular formula is C20H28F3N5O3. The molecule has 0 spiro atoms. The molecule has 1 heterocycles. The van der Waals surface area contributed by atoms with Gasteiger partial charge in [0, 0.05) is 50.7 Å². The number of benzene rings is 1. The second-order valence-corrected chi connectivity index (χ2v) is 6.65. The SMILES string of the molecule is CCNC(=NCCC(O)(c1nccn1C)C(F)(F)F)Nc1ccc(OC)c(OCC)c1. The quantitative estimate of drug-likeness (QED) is 0.408. The Hall–Kier alpha value is -2.95. The normalized spacial score (nSPS) is 14.1. The van der Waals surface area contributed by atoms with Gasteiger partial charge in [0.15, 0.2) is 17.5 Å². The van der Waals surface area contributed by atoms with Crippen molar-refractivity contribution in [2.45, 2.75) is 32.0 Å². The average molecular weight is 443 g/mol. The van der Waals surface area contributed by atoms with Crippen LogP contribution in [0.4, 0.5) is 18.9 Å². The summed E-state index contributed by atoms with van der Waals surface area (Å²) < 4.78 is 52.9. The Morgan fingerprint density at radius 3 is 2.55 bits per heavy atom. The molecule has 0 saturated carbocycles. The lowest BCUT2D eigenvalue weighted by atomic mass is 9.98. The largest absolute Gasteiger partial charge is 0.493 e. The third-order valence-electron chi connectivity index (χ3n) is 4.47. The van der Waals surface area contributed by atoms with Gasteiger partial charge in [-0.2, -0.15) is 13.2 Å². The van der Waals surface area contributed by atoms with Crippen LogP contribution in [0.1, 0.15) is 26.1 Å². The standard InChI is InChI=1S/C20H28F3N5O3/c1-5-24-18(27-14-7-8-15(30-4)16(13-14)31-6-2)26-10-9-19(29,20(21,22)23)17-25-11-12-28(17)3/h7-8,11-13,29H,5-6,9-10H2,1-4H3,(H2,24,26,27). The molecule has 0 aliphatic rings. The molecule has 0 radical (unpaired) electrons. The van der Waals surface area contributed by atoms with Gasteiger partial charge >= 0.3 is 6.18 Å². The van der Waals surface area contributed by atoms with E-state index in [1.165, 1.54) is 26.6 Å². The lowest BCUT2D eigenvalue weighted by Gasteiger charge is -2.29. The monoisotopic (exact) mass is 443 g/mol. The number of ether oxygens (including phenoxy) is 2. The third-order valence-corrected chi connectivity index (χ3v) is 4.47. The molecule has 1 unspecified atom stereocenters. The van der Waals surface area contributed by atoms with Crippen molar-refractivity contribution in [2.75, 3.05) is 32.1 Å². The van der Waals surface area contributed by atoms with Crippen LogP contribution in [-0.4, -0.2) is 53.6 Å². The van der Waals surface area contributed by atoms with Crippen LogP contribution >= 0.6 is 0 Å². The molecule has 0 fully saturated rings. The number of hydrogen-bond donors (Lipinski definition) is 3. The zero-order valence-electron chi connectivity index (χ0n) is 18.0. The zero-order chi connectivity index (χ0) is 23.1. The van der Waals surface area contributed by atoms with Crippen molar-refractivity contribution >= 4 is 11.6 Å². The van der Waals surface area contributed by atoms with E-state index in [1.807, 2.05) is 13.8 Å². The number of alkyl halides is 3. The van der Waals surface area contributed by atoms with Gasteiger partial charge in [0.25, 0.3) is 0 Å². The molecule has 0 amide bonds. The molecule has 1 aromatic carbocycles. The molecule has 2 aromatic rings. The number of imidazole rings is 1. The highest BCUT2D eigenvalue weighted by atomic mass is 19.4. The second kappa shape index (κ2) is 10.4. The number of guanidine groups is 1. The predicted molar refractivity (Wildman–Crippen MR) is 112 cm³/mol. The first-order valence-corrected chi connectivity index (χ1v) is 9.79. The first kappa shape index (κ1) is 24.3. The molecular weight excluding hydrogens is 415 g/mol. The van der Waals surface area contributed by atoms with Crippen LogP contribution in [0.25, 0.3) is 0 Å². The van der Waals surface area contributed by atoms with E-state index < -0.39 is 24.0 Å². The fourth-order valence-corrected chi connectivity index (χ4v) is 2.94. The summed E-state index contributed by atoms with van der Waals surface area (Å²) in [6.07, 6.45) is -3.04. The number of aryl methyl sites for hydroxylation is 1. The van der Waals surface area contributed by atoms with E-state index in [0.717, 1.165) is 4.57 Å². The van der Waals surface area contributed by atoms with Crippen molar-refractivity contribution in [1.29, 1.82) is 0 Å². The number of nitrogens with zero attached hydrogens (tertiary/aromatic N) is 3. The number of nitrogens with one attached hydrogen (secondary N) is 2. The van der Waals surface area contributed by atoms with Crippen molar-refractivity contribution in [3.05, 3.63) is 36.4 Å². The predicted octanol–water partition coefficient (Wildman–Crippen LogP) is 3.05. The Labute approximate surface area is 179 Å². The fourth-order valence-electron chi connectivity index (χ4n) is 2.94. The highest BCUT2D eigenvalue weighted by molar-refractivity contribution is 5.93. The van der Waals surface area contributed by atoms with E-state index in [-0.39, 0.29) is 12.5 Å². The molecule has 172 valence electrons. The highest BCUT2D eigenvalue weighted by Crippen LogP contribution is 2.40. The van der Waals surface area contributed by atoms with Crippen molar-refractivity contribution in [3.8, 4) is 11.5 Å². The van der Waals surface area contributed by atoms with Crippen LogP contribution in [-0.2, 0) is 12.6 Å². The molecule has 0 aliphatic carbocycles. The zero-order valence-corrected chi connectivity index (χ0v) is 18.0. The fraction of sp³-hybridized carbons (Fsp3) is 0.500. The number of aliphatic hydroxyl groups is 1. The number of rotatable bonds is 9. The van der Waals surface area contributed by atoms with Gasteiger partial charge in [-0.3, -0.25) is 4.99 Å². The summed E-state index contributed by atoms with van der Waals surface area (Å²) >= 11 is 0. The molecule has 11 heteroatoms. The van der Waals surface area contributed by atoms with E-state index in [9.17, 15) is 18.3 Å². The van der Waals surface area contributed by atoms with Crippen molar-refractivity contribution < 1.29 is 27.8 Å². The van der Waals surface area contributed by atoms with Crippen molar-refractivity contribution in [2.24, 2.45) is 12.0 Å². The van der Waals surface area contributed by atoms with Crippen LogP contribution < -0.4 is 20.1 Å². The summed E-state index contributed by atoms with van der Waals surface area (Å²) in [7, 11) is 2.92. The summed E-state index contributed by atoms with van der Waals surface area (Å²) in [6, 6.07) is 5.14. The first-order valence-electron chi connectivity index (χ1n) is 9.79. The maximum absolute atomic E-state index is 13.6. The van der Waals surface area contributed by atoms with E-state index >= 15 is 0 Å². The van der Waals surface area contributed by atoms with Crippen LogP contribution in [0, 0.1) is 0 Å². The van der Waals surface area contributed by atoms with Crippen LogP contribution in [0.15, 0.2) is 35.6 Å². The van der Waals surface area contributed by atoms with Gasteiger partial charge in [0.05, 0.1) is 13.7 Å². The molecule has 1 atom stereocenters. The third kappa shape index (κ3) is 5.81. The molecule has 0 bridgehead atoms. The highest BCUT2D eigenvalue weighted by Gasteiger charge is 2.57. The Morgan fingerprint density at radius 2 is 2.00 bits per heavy atom. The second-order valence-electron chi connectivity index (χ2n) is 6.65. The van der Waals surface area contributed by atoms with E-state index in [0.29, 0.717) is 30.3 Å². The van der Waals surface area contributed by atoms with Gasteiger partial charge in [-0.1, -0.05) is 0 Å². The summed E-state index contributed by atoms with van der Waals surface area (Å²) in [5.41, 5.74) is -2.51. The number of methoxy groups -OCH3 is 1. The van der Waals surface area contributed by atoms with Crippen molar-refractivity contribution in [1.82, 2.24) is 14.9 Å². The first-order chi connectivity index (χ1) is 14.7. The van der Waals surface area contributed by atoms with Crippen molar-refractivity contribution in [3.63, 3.8) is 0 Å². The summed E-state index contributed by atoms with van der Waals surface area (Å²) in [5.74, 6) is 0.857. The van der Waals surface area contributed by atoms with Crippen LogP contribution in [0.2, 0.25) is 0 Å². The van der Waals surface area contributed by atoms with E-state index in [4.69, 9.17) is 9.47 Å². The van der Waals surface area contributed by atoms with Crippen LogP contribution in [0.3, 0.4) is 0 Å². The van der Waals surface area contributed by atoms with Gasteiger partial charge in [-0.15, -0.1) is 0 Å². The maximum atomic E-state index is 13.6. The molecule has 2 rings (SSSR count). The van der Waals surface area contributed by atoms with Gasteiger partial charge in [-0.25, -0.2) is 4.98 Å². The van der Waals surface area contributed by atoms with Gasteiger partial charge in [-0.05, 0) is 26.0 Å². The number of aliphatic imine (C=N–C) groups is 1. The molecule has 0 aliphatic heterocycles. The number of anilines is 1. The minimum atomic E-state index is -4.91.